The van der Waals surface area contributed by atoms with E-state index in [1.807, 2.05) is 24.3 Å². The van der Waals surface area contributed by atoms with Crippen molar-refractivity contribution in [3.05, 3.63) is 107 Å². The van der Waals surface area contributed by atoms with Crippen LogP contribution in [0.5, 0.6) is 17.2 Å². The van der Waals surface area contributed by atoms with Crippen LogP contribution < -0.4 is 19.5 Å². The van der Waals surface area contributed by atoms with Crippen LogP contribution in [0.15, 0.2) is 90.1 Å². The molecule has 4 aromatic carbocycles. The molecule has 0 saturated heterocycles. The predicted molar refractivity (Wildman–Crippen MR) is 139 cm³/mol. The fraction of sp³-hybridized carbons (Fsp3) is 0.194. The largest absolute Gasteiger partial charge is 0.497 e. The minimum atomic E-state index is -0.179. The number of ketones is 1. The third-order valence-corrected chi connectivity index (χ3v) is 7.66. The molecule has 2 aliphatic heterocycles. The van der Waals surface area contributed by atoms with Gasteiger partial charge in [0.1, 0.15) is 5.75 Å². The van der Waals surface area contributed by atoms with Crippen molar-refractivity contribution < 1.29 is 19.0 Å². The van der Waals surface area contributed by atoms with E-state index in [9.17, 15) is 4.79 Å². The van der Waals surface area contributed by atoms with Crippen LogP contribution in [0.4, 0.5) is 5.69 Å². The number of fused-ring (bicyclic) bond motifs is 4. The topological polar surface area (TPSA) is 56.8 Å². The van der Waals surface area contributed by atoms with Crippen molar-refractivity contribution >= 4 is 22.2 Å². The first kappa shape index (κ1) is 21.1. The average molecular weight is 476 g/mol. The Bertz CT molecular complexity index is 1550. The molecule has 178 valence electrons. The van der Waals surface area contributed by atoms with Crippen molar-refractivity contribution in [1.29, 1.82) is 0 Å². The number of hydrogen-bond acceptors (Lipinski definition) is 5. The molecule has 7 rings (SSSR count). The SMILES string of the molecule is COc1ccc([C@H]2CC(=O)C3=C(C2)Nc2ccc4ccccc4c2[C@H]3c2ccc3c(c2)OCO3)cc1. The molecule has 0 bridgehead atoms. The molecule has 0 saturated carbocycles. The van der Waals surface area contributed by atoms with Gasteiger partial charge in [-0.15, -0.1) is 0 Å². The Morgan fingerprint density at radius 2 is 1.67 bits per heavy atom. The summed E-state index contributed by atoms with van der Waals surface area (Å²) in [6, 6.07) is 26.8. The molecular formula is C31H25NO4. The molecular weight excluding hydrogens is 450 g/mol. The lowest BCUT2D eigenvalue weighted by Gasteiger charge is -2.37. The summed E-state index contributed by atoms with van der Waals surface area (Å²) in [6.07, 6.45) is 1.26. The average Bonchev–Trinajstić information content (AvgIpc) is 3.40. The van der Waals surface area contributed by atoms with Gasteiger partial charge in [0, 0.05) is 29.3 Å². The molecule has 5 nitrogen and oxygen atoms in total. The van der Waals surface area contributed by atoms with Gasteiger partial charge >= 0.3 is 0 Å². The number of allylic oxidation sites excluding steroid dienone is 2. The van der Waals surface area contributed by atoms with E-state index < -0.39 is 0 Å². The van der Waals surface area contributed by atoms with Crippen LogP contribution in [0.1, 0.15) is 41.4 Å². The quantitative estimate of drug-likeness (QED) is 0.365. The fourth-order valence-corrected chi connectivity index (χ4v) is 5.94. The number of rotatable bonds is 3. The first-order chi connectivity index (χ1) is 17.7. The molecule has 4 aromatic rings. The highest BCUT2D eigenvalue weighted by Gasteiger charge is 2.39. The molecule has 2 heterocycles. The summed E-state index contributed by atoms with van der Waals surface area (Å²) in [5, 5.41) is 5.99. The summed E-state index contributed by atoms with van der Waals surface area (Å²) in [7, 11) is 1.67. The second kappa shape index (κ2) is 8.16. The molecule has 36 heavy (non-hydrogen) atoms. The summed E-state index contributed by atoms with van der Waals surface area (Å²) in [6.45, 7) is 0.223. The van der Waals surface area contributed by atoms with Gasteiger partial charge in [-0.3, -0.25) is 4.79 Å². The number of carbonyl (C=O) groups is 1. The smallest absolute Gasteiger partial charge is 0.231 e. The zero-order valence-corrected chi connectivity index (χ0v) is 19.9. The van der Waals surface area contributed by atoms with Gasteiger partial charge in [0.2, 0.25) is 6.79 Å². The monoisotopic (exact) mass is 475 g/mol. The molecule has 1 N–H and O–H groups in total. The third kappa shape index (κ3) is 3.27. The number of hydrogen-bond donors (Lipinski definition) is 1. The number of carbonyl (C=O) groups excluding carboxylic acids is 1. The lowest BCUT2D eigenvalue weighted by Crippen LogP contribution is -2.30. The fourth-order valence-electron chi connectivity index (χ4n) is 5.94. The Labute approximate surface area is 209 Å². The summed E-state index contributed by atoms with van der Waals surface area (Å²) in [5.74, 6) is 2.42. The maximum atomic E-state index is 13.9. The minimum absolute atomic E-state index is 0.120. The lowest BCUT2D eigenvalue weighted by molar-refractivity contribution is -0.116. The molecule has 2 atom stereocenters. The van der Waals surface area contributed by atoms with E-state index in [-0.39, 0.29) is 24.4 Å². The molecule has 0 radical (unpaired) electrons. The Hall–Kier alpha value is -4.25. The second-order valence-electron chi connectivity index (χ2n) is 9.61. The highest BCUT2D eigenvalue weighted by molar-refractivity contribution is 6.04. The van der Waals surface area contributed by atoms with Gasteiger partial charge in [-0.05, 0) is 70.1 Å². The van der Waals surface area contributed by atoms with Gasteiger partial charge in [0.05, 0.1) is 7.11 Å². The number of nitrogens with one attached hydrogen (secondary N) is 1. The molecule has 1 aliphatic carbocycles. The summed E-state index contributed by atoms with van der Waals surface area (Å²) in [5.41, 5.74) is 6.27. The minimum Gasteiger partial charge on any atom is -0.497 e. The maximum absolute atomic E-state index is 13.9. The first-order valence-corrected chi connectivity index (χ1v) is 12.3. The molecule has 0 fully saturated rings. The molecule has 0 spiro atoms. The number of Topliss-reactive ketones (excluding diaryl/α,β-unsaturated/α-hetero) is 1. The molecule has 3 aliphatic rings. The van der Waals surface area contributed by atoms with Crippen LogP contribution in [0, 0.1) is 0 Å². The van der Waals surface area contributed by atoms with E-state index in [0.717, 1.165) is 68.1 Å². The zero-order chi connectivity index (χ0) is 24.2. The van der Waals surface area contributed by atoms with Crippen LogP contribution in [-0.4, -0.2) is 19.7 Å². The van der Waals surface area contributed by atoms with E-state index >= 15 is 0 Å². The summed E-state index contributed by atoms with van der Waals surface area (Å²) in [4.78, 5) is 13.9. The van der Waals surface area contributed by atoms with Crippen molar-refractivity contribution in [3.8, 4) is 17.2 Å². The number of methoxy groups -OCH3 is 1. The standard InChI is InChI=1S/C31H25NO4/c1-34-22-10-6-18(7-11-22)21-14-25-31(26(33)15-21)29(20-9-13-27-28(16-20)36-17-35-27)30-23-5-3-2-4-19(23)8-12-24(30)32-25/h2-13,16,21,29,32H,14-15,17H2,1H3/t21-,29-/m1/s1. The number of anilines is 1. The van der Waals surface area contributed by atoms with Crippen molar-refractivity contribution in [3.63, 3.8) is 0 Å². The summed E-state index contributed by atoms with van der Waals surface area (Å²) >= 11 is 0. The molecule has 0 unspecified atom stereocenters. The van der Waals surface area contributed by atoms with Crippen LogP contribution in [0.3, 0.4) is 0 Å². The van der Waals surface area contributed by atoms with E-state index in [1.165, 1.54) is 0 Å². The van der Waals surface area contributed by atoms with Crippen molar-refractivity contribution in [1.82, 2.24) is 0 Å². The van der Waals surface area contributed by atoms with E-state index in [2.05, 4.69) is 59.9 Å². The van der Waals surface area contributed by atoms with Crippen molar-refractivity contribution in [2.24, 2.45) is 0 Å². The van der Waals surface area contributed by atoms with Crippen LogP contribution in [0.2, 0.25) is 0 Å². The molecule has 0 aromatic heterocycles. The van der Waals surface area contributed by atoms with Gasteiger partial charge in [-0.2, -0.15) is 0 Å². The van der Waals surface area contributed by atoms with Crippen molar-refractivity contribution in [2.45, 2.75) is 24.7 Å². The Morgan fingerprint density at radius 1 is 0.861 bits per heavy atom. The van der Waals surface area contributed by atoms with Gasteiger partial charge in [0.15, 0.2) is 17.3 Å². The maximum Gasteiger partial charge on any atom is 0.231 e. The van der Waals surface area contributed by atoms with E-state index in [4.69, 9.17) is 14.2 Å². The molecule has 5 heteroatoms. The lowest BCUT2D eigenvalue weighted by atomic mass is 9.71. The van der Waals surface area contributed by atoms with Crippen molar-refractivity contribution in [2.75, 3.05) is 19.2 Å². The normalized spacial score (nSPS) is 20.1. The van der Waals surface area contributed by atoms with Gasteiger partial charge in [0.25, 0.3) is 0 Å². The third-order valence-electron chi connectivity index (χ3n) is 7.66. The van der Waals surface area contributed by atoms with E-state index in [0.29, 0.717) is 6.42 Å². The first-order valence-electron chi connectivity index (χ1n) is 12.3. The number of benzene rings is 4. The van der Waals surface area contributed by atoms with Crippen LogP contribution >= 0.6 is 0 Å². The second-order valence-corrected chi connectivity index (χ2v) is 9.61. The van der Waals surface area contributed by atoms with Gasteiger partial charge in [-0.1, -0.05) is 48.5 Å². The Kier molecular flexibility index (Phi) is 4.78. The van der Waals surface area contributed by atoms with E-state index in [1.54, 1.807) is 7.11 Å². The zero-order valence-electron chi connectivity index (χ0n) is 19.9. The van der Waals surface area contributed by atoms with Gasteiger partial charge < -0.3 is 19.5 Å². The Balaban J connectivity index is 1.39. The predicted octanol–water partition coefficient (Wildman–Crippen LogP) is 6.54. The van der Waals surface area contributed by atoms with Gasteiger partial charge in [-0.25, -0.2) is 0 Å². The highest BCUT2D eigenvalue weighted by Crippen LogP contribution is 2.51. The number of ether oxygens (including phenoxy) is 3. The van der Waals surface area contributed by atoms with Crippen LogP contribution in [0.25, 0.3) is 10.8 Å². The highest BCUT2D eigenvalue weighted by atomic mass is 16.7. The van der Waals surface area contributed by atoms with Crippen LogP contribution in [-0.2, 0) is 4.79 Å². The molecule has 0 amide bonds. The summed E-state index contributed by atoms with van der Waals surface area (Å²) < 4.78 is 16.6. The Morgan fingerprint density at radius 3 is 2.53 bits per heavy atom.